The summed E-state index contributed by atoms with van der Waals surface area (Å²) in [4.78, 5) is 30.2. The Morgan fingerprint density at radius 2 is 2.18 bits per heavy atom. The van der Waals surface area contributed by atoms with Crippen LogP contribution >= 0.6 is 0 Å². The van der Waals surface area contributed by atoms with Crippen molar-refractivity contribution >= 4 is 11.9 Å². The van der Waals surface area contributed by atoms with Gasteiger partial charge >= 0.3 is 6.03 Å². The van der Waals surface area contributed by atoms with E-state index in [2.05, 4.69) is 15.6 Å². The van der Waals surface area contributed by atoms with E-state index in [4.69, 9.17) is 0 Å². The first-order valence-corrected chi connectivity index (χ1v) is 7.99. The summed E-state index contributed by atoms with van der Waals surface area (Å²) >= 11 is 0. The van der Waals surface area contributed by atoms with Gasteiger partial charge in [-0.2, -0.15) is 0 Å². The van der Waals surface area contributed by atoms with Crippen molar-refractivity contribution in [3.8, 4) is 0 Å². The average Bonchev–Trinajstić information content (AvgIpc) is 3.17. The highest BCUT2D eigenvalue weighted by molar-refractivity contribution is 5.90. The molecule has 1 aromatic rings. The molecule has 0 radical (unpaired) electrons. The van der Waals surface area contributed by atoms with Crippen LogP contribution in [-0.2, 0) is 11.2 Å². The van der Waals surface area contributed by atoms with E-state index in [-0.39, 0.29) is 11.9 Å². The van der Waals surface area contributed by atoms with Gasteiger partial charge in [0.05, 0.1) is 6.54 Å². The summed E-state index contributed by atoms with van der Waals surface area (Å²) in [7, 11) is 0. The SMILES string of the molecule is O=C(NCCc1ccccn1)C1CN(C2CCCC2)C(=O)N1. The summed E-state index contributed by atoms with van der Waals surface area (Å²) in [6.45, 7) is 1.02. The molecule has 1 aromatic heterocycles. The third-order valence-corrected chi connectivity index (χ3v) is 4.43. The minimum Gasteiger partial charge on any atom is -0.354 e. The van der Waals surface area contributed by atoms with Crippen molar-refractivity contribution in [2.45, 2.75) is 44.2 Å². The summed E-state index contributed by atoms with van der Waals surface area (Å²) in [6.07, 6.45) is 6.90. The smallest absolute Gasteiger partial charge is 0.318 e. The molecular weight excluding hydrogens is 280 g/mol. The van der Waals surface area contributed by atoms with Gasteiger partial charge in [0, 0.05) is 30.9 Å². The second-order valence-electron chi connectivity index (χ2n) is 5.95. The predicted octanol–water partition coefficient (Wildman–Crippen LogP) is 1.08. The van der Waals surface area contributed by atoms with E-state index >= 15 is 0 Å². The van der Waals surface area contributed by atoms with Crippen LogP contribution in [0.2, 0.25) is 0 Å². The maximum atomic E-state index is 12.2. The molecule has 1 saturated carbocycles. The van der Waals surface area contributed by atoms with Crippen LogP contribution in [0.3, 0.4) is 0 Å². The Labute approximate surface area is 130 Å². The topological polar surface area (TPSA) is 74.3 Å². The zero-order valence-corrected chi connectivity index (χ0v) is 12.6. The zero-order valence-electron chi connectivity index (χ0n) is 12.6. The van der Waals surface area contributed by atoms with Gasteiger partial charge in [0.1, 0.15) is 6.04 Å². The molecule has 1 aliphatic carbocycles. The van der Waals surface area contributed by atoms with Gasteiger partial charge in [-0.3, -0.25) is 9.78 Å². The predicted molar refractivity (Wildman–Crippen MR) is 82.2 cm³/mol. The Kier molecular flexibility index (Phi) is 4.56. The molecule has 1 saturated heterocycles. The molecule has 2 aliphatic rings. The molecule has 6 heteroatoms. The standard InChI is InChI=1S/C16H22N4O2/c21-15(18-10-8-12-5-3-4-9-17-12)14-11-20(16(22)19-14)13-6-1-2-7-13/h3-5,9,13-14H,1-2,6-8,10-11H2,(H,18,21)(H,19,22). The number of hydrogen-bond donors (Lipinski definition) is 2. The van der Waals surface area contributed by atoms with Crippen LogP contribution in [-0.4, -0.2) is 47.0 Å². The van der Waals surface area contributed by atoms with Gasteiger partial charge in [-0.15, -0.1) is 0 Å². The molecule has 3 rings (SSSR count). The third-order valence-electron chi connectivity index (χ3n) is 4.43. The summed E-state index contributed by atoms with van der Waals surface area (Å²) in [5, 5.41) is 5.67. The van der Waals surface area contributed by atoms with Crippen LogP contribution in [0.5, 0.6) is 0 Å². The van der Waals surface area contributed by atoms with Crippen LogP contribution in [0.15, 0.2) is 24.4 Å². The average molecular weight is 302 g/mol. The number of hydrogen-bond acceptors (Lipinski definition) is 3. The van der Waals surface area contributed by atoms with Gasteiger partial charge in [0.15, 0.2) is 0 Å². The summed E-state index contributed by atoms with van der Waals surface area (Å²) in [5.41, 5.74) is 0.950. The van der Waals surface area contributed by atoms with Crippen LogP contribution in [0.1, 0.15) is 31.4 Å². The van der Waals surface area contributed by atoms with Gasteiger partial charge in [-0.1, -0.05) is 18.9 Å². The number of aromatic nitrogens is 1. The van der Waals surface area contributed by atoms with Crippen LogP contribution in [0.4, 0.5) is 4.79 Å². The number of amides is 3. The second-order valence-corrected chi connectivity index (χ2v) is 5.95. The van der Waals surface area contributed by atoms with E-state index in [0.717, 1.165) is 18.5 Å². The lowest BCUT2D eigenvalue weighted by Crippen LogP contribution is -2.43. The largest absolute Gasteiger partial charge is 0.354 e. The van der Waals surface area contributed by atoms with Crippen molar-refractivity contribution in [3.63, 3.8) is 0 Å². The first-order chi connectivity index (χ1) is 10.7. The van der Waals surface area contributed by atoms with Crippen molar-refractivity contribution in [2.24, 2.45) is 0 Å². The summed E-state index contributed by atoms with van der Waals surface area (Å²) in [5.74, 6) is -0.107. The fourth-order valence-electron chi connectivity index (χ4n) is 3.22. The van der Waals surface area contributed by atoms with Gasteiger partial charge in [0.25, 0.3) is 0 Å². The maximum Gasteiger partial charge on any atom is 0.318 e. The minimum absolute atomic E-state index is 0.100. The summed E-state index contributed by atoms with van der Waals surface area (Å²) < 4.78 is 0. The van der Waals surface area contributed by atoms with Crippen molar-refractivity contribution in [1.29, 1.82) is 0 Å². The Hall–Kier alpha value is -2.11. The number of carbonyl (C=O) groups is 2. The molecule has 3 amide bonds. The monoisotopic (exact) mass is 302 g/mol. The first kappa shape index (κ1) is 14.8. The highest BCUT2D eigenvalue weighted by Gasteiger charge is 2.37. The molecule has 2 fully saturated rings. The molecule has 2 N–H and O–H groups in total. The number of nitrogens with zero attached hydrogens (tertiary/aromatic N) is 2. The molecule has 0 spiro atoms. The minimum atomic E-state index is -0.433. The zero-order chi connectivity index (χ0) is 15.4. The van der Waals surface area contributed by atoms with E-state index < -0.39 is 6.04 Å². The second kappa shape index (κ2) is 6.77. The van der Waals surface area contributed by atoms with Gasteiger partial charge in [-0.05, 0) is 25.0 Å². The van der Waals surface area contributed by atoms with Crippen molar-refractivity contribution < 1.29 is 9.59 Å². The number of carbonyl (C=O) groups excluding carboxylic acids is 2. The normalized spacial score (nSPS) is 21.9. The lowest BCUT2D eigenvalue weighted by atomic mass is 10.2. The molecule has 1 aliphatic heterocycles. The molecule has 1 atom stereocenters. The molecule has 1 unspecified atom stereocenters. The molecule has 6 nitrogen and oxygen atoms in total. The van der Waals surface area contributed by atoms with Gasteiger partial charge in [0.2, 0.25) is 5.91 Å². The molecule has 0 aromatic carbocycles. The van der Waals surface area contributed by atoms with Crippen molar-refractivity contribution in [3.05, 3.63) is 30.1 Å². The molecule has 2 heterocycles. The van der Waals surface area contributed by atoms with Crippen LogP contribution < -0.4 is 10.6 Å². The number of nitrogens with one attached hydrogen (secondary N) is 2. The highest BCUT2D eigenvalue weighted by Crippen LogP contribution is 2.25. The highest BCUT2D eigenvalue weighted by atomic mass is 16.2. The molecular formula is C16H22N4O2. The van der Waals surface area contributed by atoms with E-state index in [9.17, 15) is 9.59 Å². The van der Waals surface area contributed by atoms with E-state index in [1.54, 1.807) is 6.20 Å². The van der Waals surface area contributed by atoms with Crippen LogP contribution in [0.25, 0.3) is 0 Å². The van der Waals surface area contributed by atoms with E-state index in [1.165, 1.54) is 12.8 Å². The maximum absolute atomic E-state index is 12.2. The summed E-state index contributed by atoms with van der Waals surface area (Å²) in [6, 6.07) is 5.51. The van der Waals surface area contributed by atoms with E-state index in [0.29, 0.717) is 25.6 Å². The number of rotatable bonds is 5. The van der Waals surface area contributed by atoms with E-state index in [1.807, 2.05) is 23.1 Å². The Morgan fingerprint density at radius 3 is 2.91 bits per heavy atom. The number of urea groups is 1. The van der Waals surface area contributed by atoms with Crippen LogP contribution in [0, 0.1) is 0 Å². The molecule has 118 valence electrons. The lowest BCUT2D eigenvalue weighted by molar-refractivity contribution is -0.122. The van der Waals surface area contributed by atoms with Gasteiger partial charge < -0.3 is 15.5 Å². The fraction of sp³-hybridized carbons (Fsp3) is 0.562. The Bertz CT molecular complexity index is 528. The van der Waals surface area contributed by atoms with Crippen molar-refractivity contribution in [2.75, 3.05) is 13.1 Å². The van der Waals surface area contributed by atoms with Gasteiger partial charge in [-0.25, -0.2) is 4.79 Å². The molecule has 0 bridgehead atoms. The first-order valence-electron chi connectivity index (χ1n) is 7.99. The molecule has 22 heavy (non-hydrogen) atoms. The Morgan fingerprint density at radius 1 is 1.36 bits per heavy atom. The fourth-order valence-corrected chi connectivity index (χ4v) is 3.22. The lowest BCUT2D eigenvalue weighted by Gasteiger charge is -2.22. The third kappa shape index (κ3) is 3.37. The number of pyridine rings is 1. The quantitative estimate of drug-likeness (QED) is 0.854. The Balaban J connectivity index is 1.45. The van der Waals surface area contributed by atoms with Crippen molar-refractivity contribution in [1.82, 2.24) is 20.5 Å².